The molecule has 0 aliphatic carbocycles. The molecule has 0 saturated heterocycles. The van der Waals surface area contributed by atoms with Gasteiger partial charge in [-0.2, -0.15) is 0 Å². The molecule has 3 rings (SSSR count). The lowest BCUT2D eigenvalue weighted by molar-refractivity contribution is 0.0349. The van der Waals surface area contributed by atoms with E-state index in [2.05, 4.69) is 41.6 Å². The normalized spacial score (nSPS) is 17.3. The van der Waals surface area contributed by atoms with Gasteiger partial charge in [0.25, 0.3) is 5.91 Å². The Bertz CT molecular complexity index is 778. The number of hydrogen-bond donors (Lipinski definition) is 2. The minimum atomic E-state index is -0.0868. The number of amides is 1. The van der Waals surface area contributed by atoms with E-state index in [1.165, 1.54) is 43.2 Å². The highest BCUT2D eigenvalue weighted by atomic mass is 16.3. The Morgan fingerprint density at radius 1 is 1.03 bits per heavy atom. The highest BCUT2D eigenvalue weighted by molar-refractivity contribution is 5.93. The number of nitrogens with one attached hydrogen (secondary N) is 1. The number of aliphatic hydroxyl groups excluding tert-OH is 1. The summed E-state index contributed by atoms with van der Waals surface area (Å²) >= 11 is 0. The molecule has 162 valence electrons. The zero-order valence-corrected chi connectivity index (χ0v) is 18.2. The SMILES string of the molecule is CCCCCCCC[C@H](CO)[C@H]1c2ccccc2CCN1NC(=O)c1ccccc1. The van der Waals surface area contributed by atoms with Crippen LogP contribution in [0.4, 0.5) is 0 Å². The van der Waals surface area contributed by atoms with Gasteiger partial charge in [-0.3, -0.25) is 10.2 Å². The van der Waals surface area contributed by atoms with Crippen LogP contribution in [0, 0.1) is 5.92 Å². The molecular formula is C26H36N2O2. The van der Waals surface area contributed by atoms with E-state index in [4.69, 9.17) is 0 Å². The van der Waals surface area contributed by atoms with Crippen LogP contribution in [0.1, 0.15) is 79.4 Å². The number of fused-ring (bicyclic) bond motifs is 1. The number of carbonyl (C=O) groups excluding carboxylic acids is 1. The number of unbranched alkanes of at least 4 members (excludes halogenated alkanes) is 5. The Morgan fingerprint density at radius 2 is 1.73 bits per heavy atom. The second-order valence-corrected chi connectivity index (χ2v) is 8.39. The van der Waals surface area contributed by atoms with Gasteiger partial charge in [0.05, 0.1) is 6.04 Å². The Hall–Kier alpha value is -2.17. The lowest BCUT2D eigenvalue weighted by Crippen LogP contribution is -2.50. The topological polar surface area (TPSA) is 52.6 Å². The molecular weight excluding hydrogens is 372 g/mol. The van der Waals surface area contributed by atoms with Crippen LogP contribution in [-0.2, 0) is 6.42 Å². The fourth-order valence-electron chi connectivity index (χ4n) is 4.55. The molecule has 0 saturated carbocycles. The van der Waals surface area contributed by atoms with Crippen molar-refractivity contribution in [3.8, 4) is 0 Å². The van der Waals surface area contributed by atoms with Gasteiger partial charge in [-0.05, 0) is 36.1 Å². The minimum absolute atomic E-state index is 0.00301. The van der Waals surface area contributed by atoms with Gasteiger partial charge < -0.3 is 5.11 Å². The quantitative estimate of drug-likeness (QED) is 0.497. The summed E-state index contributed by atoms with van der Waals surface area (Å²) in [4.78, 5) is 12.8. The smallest absolute Gasteiger partial charge is 0.265 e. The van der Waals surface area contributed by atoms with Crippen LogP contribution in [0.2, 0.25) is 0 Å². The number of carbonyl (C=O) groups is 1. The summed E-state index contributed by atoms with van der Waals surface area (Å²) in [5, 5.41) is 12.3. The second kappa shape index (κ2) is 11.9. The predicted molar refractivity (Wildman–Crippen MR) is 122 cm³/mol. The van der Waals surface area contributed by atoms with Gasteiger partial charge in [0.15, 0.2) is 0 Å². The van der Waals surface area contributed by atoms with Crippen molar-refractivity contribution in [1.82, 2.24) is 10.4 Å². The van der Waals surface area contributed by atoms with E-state index in [0.717, 1.165) is 25.8 Å². The molecule has 30 heavy (non-hydrogen) atoms. The highest BCUT2D eigenvalue weighted by Crippen LogP contribution is 2.36. The summed E-state index contributed by atoms with van der Waals surface area (Å²) in [5.41, 5.74) is 6.37. The first-order chi connectivity index (χ1) is 14.7. The predicted octanol–water partition coefficient (Wildman–Crippen LogP) is 5.29. The maximum atomic E-state index is 12.8. The molecule has 0 fully saturated rings. The Kier molecular flexibility index (Phi) is 8.91. The van der Waals surface area contributed by atoms with Crippen molar-refractivity contribution in [2.45, 2.75) is 64.3 Å². The van der Waals surface area contributed by atoms with E-state index in [0.29, 0.717) is 5.56 Å². The molecule has 1 amide bonds. The lowest BCUT2D eigenvalue weighted by atomic mass is 9.83. The summed E-state index contributed by atoms with van der Waals surface area (Å²) in [6, 6.07) is 17.8. The number of aliphatic hydroxyl groups is 1. The molecule has 2 N–H and O–H groups in total. The van der Waals surface area contributed by atoms with Crippen molar-refractivity contribution in [3.05, 3.63) is 71.3 Å². The van der Waals surface area contributed by atoms with Crippen molar-refractivity contribution in [2.24, 2.45) is 5.92 Å². The molecule has 1 heterocycles. The number of nitrogens with zero attached hydrogens (tertiary/aromatic N) is 1. The number of hydrazine groups is 1. The monoisotopic (exact) mass is 408 g/mol. The largest absolute Gasteiger partial charge is 0.396 e. The molecule has 0 spiro atoms. The van der Waals surface area contributed by atoms with Gasteiger partial charge >= 0.3 is 0 Å². The van der Waals surface area contributed by atoms with Crippen molar-refractivity contribution < 1.29 is 9.90 Å². The first-order valence-corrected chi connectivity index (χ1v) is 11.6. The van der Waals surface area contributed by atoms with Crippen molar-refractivity contribution in [2.75, 3.05) is 13.2 Å². The van der Waals surface area contributed by atoms with E-state index in [1.54, 1.807) is 0 Å². The van der Waals surface area contributed by atoms with Gasteiger partial charge in [-0.15, -0.1) is 0 Å². The van der Waals surface area contributed by atoms with Gasteiger partial charge in [0.2, 0.25) is 0 Å². The van der Waals surface area contributed by atoms with Crippen molar-refractivity contribution in [1.29, 1.82) is 0 Å². The Balaban J connectivity index is 1.72. The maximum Gasteiger partial charge on any atom is 0.265 e. The third kappa shape index (κ3) is 5.93. The summed E-state index contributed by atoms with van der Waals surface area (Å²) < 4.78 is 0. The fraction of sp³-hybridized carbons (Fsp3) is 0.500. The zero-order valence-electron chi connectivity index (χ0n) is 18.2. The first kappa shape index (κ1) is 22.5. The lowest BCUT2D eigenvalue weighted by Gasteiger charge is -2.41. The minimum Gasteiger partial charge on any atom is -0.396 e. The van der Waals surface area contributed by atoms with Crippen LogP contribution in [0.3, 0.4) is 0 Å². The molecule has 1 aliphatic rings. The molecule has 4 nitrogen and oxygen atoms in total. The molecule has 0 aromatic heterocycles. The Labute approximate surface area is 181 Å². The molecule has 2 aromatic rings. The molecule has 2 atom stereocenters. The molecule has 4 heteroatoms. The summed E-state index contributed by atoms with van der Waals surface area (Å²) in [7, 11) is 0. The zero-order chi connectivity index (χ0) is 21.2. The summed E-state index contributed by atoms with van der Waals surface area (Å²) in [6.07, 6.45) is 9.33. The van der Waals surface area contributed by atoms with Crippen molar-refractivity contribution in [3.63, 3.8) is 0 Å². The van der Waals surface area contributed by atoms with Crippen LogP contribution in [0.5, 0.6) is 0 Å². The van der Waals surface area contributed by atoms with E-state index >= 15 is 0 Å². The van der Waals surface area contributed by atoms with Crippen LogP contribution >= 0.6 is 0 Å². The molecule has 0 bridgehead atoms. The molecule has 1 aliphatic heterocycles. The summed E-state index contributed by atoms with van der Waals surface area (Å²) in [6.45, 7) is 3.12. The average Bonchev–Trinajstić information content (AvgIpc) is 2.79. The van der Waals surface area contributed by atoms with Gasteiger partial charge in [0.1, 0.15) is 0 Å². The Morgan fingerprint density at radius 3 is 2.50 bits per heavy atom. The van der Waals surface area contributed by atoms with Crippen LogP contribution in [-0.4, -0.2) is 29.2 Å². The van der Waals surface area contributed by atoms with Crippen LogP contribution < -0.4 is 5.43 Å². The van der Waals surface area contributed by atoms with Gasteiger partial charge in [0, 0.05) is 24.6 Å². The molecule has 0 radical (unpaired) electrons. The van der Waals surface area contributed by atoms with E-state index < -0.39 is 0 Å². The van der Waals surface area contributed by atoms with Gasteiger partial charge in [-0.25, -0.2) is 5.01 Å². The second-order valence-electron chi connectivity index (χ2n) is 8.39. The molecule has 2 aromatic carbocycles. The van der Waals surface area contributed by atoms with E-state index in [1.807, 2.05) is 30.3 Å². The molecule has 0 unspecified atom stereocenters. The van der Waals surface area contributed by atoms with Crippen molar-refractivity contribution >= 4 is 5.91 Å². The highest BCUT2D eigenvalue weighted by Gasteiger charge is 2.34. The van der Waals surface area contributed by atoms with Gasteiger partial charge in [-0.1, -0.05) is 87.9 Å². The third-order valence-electron chi connectivity index (χ3n) is 6.22. The van der Waals surface area contributed by atoms with E-state index in [9.17, 15) is 9.90 Å². The number of rotatable bonds is 11. The fourth-order valence-corrected chi connectivity index (χ4v) is 4.55. The van der Waals surface area contributed by atoms with Crippen LogP contribution in [0.15, 0.2) is 54.6 Å². The standard InChI is InChI=1S/C26H36N2O2/c1-2-3-4-5-6-8-16-23(20-29)25-24-17-12-11-13-21(24)18-19-28(25)27-26(30)22-14-9-7-10-15-22/h7,9-15,17,23,25,29H,2-6,8,16,18-20H2,1H3,(H,27,30)/t23-,25+/m1/s1. The number of hydrogen-bond acceptors (Lipinski definition) is 3. The van der Waals surface area contributed by atoms with Crippen LogP contribution in [0.25, 0.3) is 0 Å². The summed E-state index contributed by atoms with van der Waals surface area (Å²) in [5.74, 6) is 0.0185. The third-order valence-corrected chi connectivity index (χ3v) is 6.22. The van der Waals surface area contributed by atoms with E-state index in [-0.39, 0.29) is 24.5 Å². The maximum absolute atomic E-state index is 12.8. The average molecular weight is 409 g/mol. The first-order valence-electron chi connectivity index (χ1n) is 11.6. The number of benzene rings is 2.